The summed E-state index contributed by atoms with van der Waals surface area (Å²) in [6, 6.07) is 5.06. The number of aliphatic hydroxyl groups is 1. The Labute approximate surface area is 121 Å². The maximum Gasteiger partial charge on any atom is 0.241 e. The van der Waals surface area contributed by atoms with Gasteiger partial charge in [-0.2, -0.15) is 0 Å². The Bertz CT molecular complexity index is 560. The highest BCUT2D eigenvalue weighted by Gasteiger charge is 2.25. The maximum atomic E-state index is 12.5. The van der Waals surface area contributed by atoms with Crippen LogP contribution in [-0.4, -0.2) is 19.6 Å². The Morgan fingerprint density at radius 3 is 2.50 bits per heavy atom. The molecule has 0 amide bonds. The third kappa shape index (κ3) is 3.40. The van der Waals surface area contributed by atoms with E-state index in [1.54, 1.807) is 25.1 Å². The first-order valence-electron chi connectivity index (χ1n) is 7.15. The van der Waals surface area contributed by atoms with Gasteiger partial charge in [0.2, 0.25) is 10.0 Å². The van der Waals surface area contributed by atoms with Gasteiger partial charge < -0.3 is 5.11 Å². The van der Waals surface area contributed by atoms with Crippen LogP contribution in [0.25, 0.3) is 0 Å². The molecule has 0 heterocycles. The molecule has 1 aromatic carbocycles. The molecule has 0 radical (unpaired) electrons. The predicted molar refractivity (Wildman–Crippen MR) is 78.8 cm³/mol. The van der Waals surface area contributed by atoms with Gasteiger partial charge in [-0.25, -0.2) is 13.1 Å². The van der Waals surface area contributed by atoms with Crippen LogP contribution in [0.15, 0.2) is 23.1 Å². The monoisotopic (exact) mass is 297 g/mol. The Morgan fingerprint density at radius 1 is 1.25 bits per heavy atom. The fraction of sp³-hybridized carbons (Fsp3) is 0.600. The summed E-state index contributed by atoms with van der Waals surface area (Å²) in [6.45, 7) is 3.80. The summed E-state index contributed by atoms with van der Waals surface area (Å²) in [5.74, 6) is 0.690. The molecule has 4 nitrogen and oxygen atoms in total. The molecule has 0 aliphatic heterocycles. The molecule has 2 N–H and O–H groups in total. The van der Waals surface area contributed by atoms with E-state index in [4.69, 9.17) is 0 Å². The van der Waals surface area contributed by atoms with Crippen molar-refractivity contribution in [3.05, 3.63) is 29.3 Å². The SMILES string of the molecule is Cc1c(CO)cccc1S(=O)(=O)NC1CCC(C)CC1. The first-order chi connectivity index (χ1) is 9.44. The Balaban J connectivity index is 2.18. The van der Waals surface area contributed by atoms with E-state index >= 15 is 0 Å². The van der Waals surface area contributed by atoms with Crippen LogP contribution in [0.2, 0.25) is 0 Å². The Hall–Kier alpha value is -0.910. The number of nitrogens with one attached hydrogen (secondary N) is 1. The van der Waals surface area contributed by atoms with Crippen molar-refractivity contribution in [1.29, 1.82) is 0 Å². The van der Waals surface area contributed by atoms with Gasteiger partial charge in [0.15, 0.2) is 0 Å². The minimum atomic E-state index is -3.50. The van der Waals surface area contributed by atoms with Gasteiger partial charge in [0.25, 0.3) is 0 Å². The number of hydrogen-bond donors (Lipinski definition) is 2. The number of sulfonamides is 1. The average molecular weight is 297 g/mol. The Morgan fingerprint density at radius 2 is 1.90 bits per heavy atom. The molecule has 0 spiro atoms. The van der Waals surface area contributed by atoms with E-state index in [9.17, 15) is 13.5 Å². The van der Waals surface area contributed by atoms with Gasteiger partial charge in [0, 0.05) is 6.04 Å². The lowest BCUT2D eigenvalue weighted by molar-refractivity contribution is 0.280. The molecular formula is C15H23NO3S. The van der Waals surface area contributed by atoms with Crippen LogP contribution in [-0.2, 0) is 16.6 Å². The van der Waals surface area contributed by atoms with E-state index in [0.29, 0.717) is 17.0 Å². The molecule has 2 rings (SSSR count). The van der Waals surface area contributed by atoms with Crippen LogP contribution >= 0.6 is 0 Å². The second-order valence-electron chi connectivity index (χ2n) is 5.78. The zero-order chi connectivity index (χ0) is 14.8. The van der Waals surface area contributed by atoms with Crippen molar-refractivity contribution in [2.75, 3.05) is 0 Å². The van der Waals surface area contributed by atoms with Gasteiger partial charge in [-0.05, 0) is 55.7 Å². The fourth-order valence-electron chi connectivity index (χ4n) is 2.78. The van der Waals surface area contributed by atoms with E-state index in [-0.39, 0.29) is 17.5 Å². The van der Waals surface area contributed by atoms with E-state index in [2.05, 4.69) is 11.6 Å². The molecule has 5 heteroatoms. The van der Waals surface area contributed by atoms with Gasteiger partial charge in [0.05, 0.1) is 11.5 Å². The topological polar surface area (TPSA) is 66.4 Å². The van der Waals surface area contributed by atoms with Gasteiger partial charge in [-0.3, -0.25) is 0 Å². The standard InChI is InChI=1S/C15H23NO3S/c1-11-6-8-14(9-7-11)16-20(18,19)15-5-3-4-13(10-17)12(15)2/h3-5,11,14,16-17H,6-10H2,1-2H3. The molecule has 0 unspecified atom stereocenters. The summed E-state index contributed by atoms with van der Waals surface area (Å²) in [4.78, 5) is 0.280. The molecule has 112 valence electrons. The zero-order valence-electron chi connectivity index (χ0n) is 12.1. The van der Waals surface area contributed by atoms with Crippen molar-refractivity contribution in [3.8, 4) is 0 Å². The highest BCUT2D eigenvalue weighted by atomic mass is 32.2. The van der Waals surface area contributed by atoms with E-state index in [1.807, 2.05) is 0 Å². The van der Waals surface area contributed by atoms with Gasteiger partial charge >= 0.3 is 0 Å². The van der Waals surface area contributed by atoms with Crippen LogP contribution in [0.5, 0.6) is 0 Å². The summed E-state index contributed by atoms with van der Waals surface area (Å²) in [5.41, 5.74) is 1.29. The van der Waals surface area contributed by atoms with Gasteiger partial charge in [-0.15, -0.1) is 0 Å². The molecule has 1 aromatic rings. The van der Waals surface area contributed by atoms with Crippen molar-refractivity contribution < 1.29 is 13.5 Å². The largest absolute Gasteiger partial charge is 0.392 e. The van der Waals surface area contributed by atoms with Crippen LogP contribution in [0.4, 0.5) is 0 Å². The van der Waals surface area contributed by atoms with Crippen LogP contribution < -0.4 is 4.72 Å². The molecule has 1 fully saturated rings. The quantitative estimate of drug-likeness (QED) is 0.896. The molecule has 20 heavy (non-hydrogen) atoms. The van der Waals surface area contributed by atoms with E-state index in [0.717, 1.165) is 25.7 Å². The van der Waals surface area contributed by atoms with Gasteiger partial charge in [-0.1, -0.05) is 19.1 Å². The summed E-state index contributed by atoms with van der Waals surface area (Å²) >= 11 is 0. The third-order valence-corrected chi connectivity index (χ3v) is 5.86. The summed E-state index contributed by atoms with van der Waals surface area (Å²) in [6.07, 6.45) is 3.95. The molecule has 1 saturated carbocycles. The van der Waals surface area contributed by atoms with Crippen molar-refractivity contribution in [2.24, 2.45) is 5.92 Å². The smallest absolute Gasteiger partial charge is 0.241 e. The second-order valence-corrected chi connectivity index (χ2v) is 7.46. The molecular weight excluding hydrogens is 274 g/mol. The highest BCUT2D eigenvalue weighted by molar-refractivity contribution is 7.89. The summed E-state index contributed by atoms with van der Waals surface area (Å²) in [7, 11) is -3.50. The number of rotatable bonds is 4. The van der Waals surface area contributed by atoms with Crippen molar-refractivity contribution in [2.45, 2.75) is 57.1 Å². The first kappa shape index (κ1) is 15.5. The van der Waals surface area contributed by atoms with E-state index < -0.39 is 10.0 Å². The van der Waals surface area contributed by atoms with E-state index in [1.165, 1.54) is 0 Å². The van der Waals surface area contributed by atoms with Crippen molar-refractivity contribution >= 4 is 10.0 Å². The van der Waals surface area contributed by atoms with Crippen molar-refractivity contribution in [3.63, 3.8) is 0 Å². The predicted octanol–water partition coefficient (Wildman–Crippen LogP) is 2.34. The molecule has 1 aliphatic rings. The highest BCUT2D eigenvalue weighted by Crippen LogP contribution is 2.26. The van der Waals surface area contributed by atoms with Crippen LogP contribution in [0.1, 0.15) is 43.7 Å². The molecule has 0 bridgehead atoms. The minimum absolute atomic E-state index is 0.0355. The fourth-order valence-corrected chi connectivity index (χ4v) is 4.38. The van der Waals surface area contributed by atoms with Gasteiger partial charge in [0.1, 0.15) is 0 Å². The summed E-state index contributed by atoms with van der Waals surface area (Å²) in [5, 5.41) is 9.24. The third-order valence-electron chi connectivity index (χ3n) is 4.19. The second kappa shape index (κ2) is 6.24. The Kier molecular flexibility index (Phi) is 4.83. The number of hydrogen-bond acceptors (Lipinski definition) is 3. The first-order valence-corrected chi connectivity index (χ1v) is 8.64. The average Bonchev–Trinajstić information content (AvgIpc) is 2.41. The molecule has 0 aromatic heterocycles. The molecule has 0 saturated heterocycles. The minimum Gasteiger partial charge on any atom is -0.392 e. The zero-order valence-corrected chi connectivity index (χ0v) is 12.9. The molecule has 1 aliphatic carbocycles. The lowest BCUT2D eigenvalue weighted by Gasteiger charge is -2.27. The summed E-state index contributed by atoms with van der Waals surface area (Å²) < 4.78 is 27.8. The maximum absolute atomic E-state index is 12.5. The normalized spacial score (nSPS) is 23.8. The lowest BCUT2D eigenvalue weighted by Crippen LogP contribution is -2.37. The number of aliphatic hydroxyl groups excluding tert-OH is 1. The van der Waals surface area contributed by atoms with Crippen molar-refractivity contribution in [1.82, 2.24) is 4.72 Å². The van der Waals surface area contributed by atoms with Crippen LogP contribution in [0, 0.1) is 12.8 Å². The lowest BCUT2D eigenvalue weighted by atomic mass is 9.88. The molecule has 0 atom stereocenters. The number of benzene rings is 1. The van der Waals surface area contributed by atoms with Crippen LogP contribution in [0.3, 0.4) is 0 Å².